The molecule has 1 unspecified atom stereocenters. The van der Waals surface area contributed by atoms with E-state index in [1.54, 1.807) is 43.3 Å². The average molecular weight is 605 g/mol. The first-order valence-corrected chi connectivity index (χ1v) is 15.6. The summed E-state index contributed by atoms with van der Waals surface area (Å²) in [4.78, 5) is 28.1. The standard InChI is InChI=1S/C27H36Cl3N3O4S/c1-5-7-15-31-27(35)24(6-2)32(18-20-13-14-21(28)17-23(20)30)26(34)12-9-16-33(38(4,36)37)25-11-8-10-22(29)19(25)3/h8,10-11,13-14,17,24H,5-7,9,12,15-16,18H2,1-4H3,(H,31,35). The van der Waals surface area contributed by atoms with Crippen LogP contribution in [0, 0.1) is 6.92 Å². The number of amides is 2. The lowest BCUT2D eigenvalue weighted by molar-refractivity contribution is -0.141. The molecule has 38 heavy (non-hydrogen) atoms. The van der Waals surface area contributed by atoms with Gasteiger partial charge < -0.3 is 10.2 Å². The van der Waals surface area contributed by atoms with Crippen LogP contribution in [0.1, 0.15) is 57.1 Å². The molecule has 0 heterocycles. The minimum absolute atomic E-state index is 0.0373. The minimum atomic E-state index is -3.63. The van der Waals surface area contributed by atoms with Crippen molar-refractivity contribution in [2.24, 2.45) is 0 Å². The van der Waals surface area contributed by atoms with Crippen molar-refractivity contribution in [2.45, 2.75) is 65.5 Å². The Morgan fingerprint density at radius 1 is 1.03 bits per heavy atom. The first-order chi connectivity index (χ1) is 17.9. The molecule has 0 saturated heterocycles. The summed E-state index contributed by atoms with van der Waals surface area (Å²) in [6.07, 6.45) is 3.59. The normalized spacial score (nSPS) is 12.2. The zero-order valence-electron chi connectivity index (χ0n) is 22.3. The van der Waals surface area contributed by atoms with Crippen molar-refractivity contribution in [1.29, 1.82) is 0 Å². The molecule has 2 aromatic rings. The summed E-state index contributed by atoms with van der Waals surface area (Å²) >= 11 is 18.7. The van der Waals surface area contributed by atoms with Gasteiger partial charge in [-0.15, -0.1) is 0 Å². The second-order valence-electron chi connectivity index (χ2n) is 9.15. The molecule has 1 atom stereocenters. The number of hydrogen-bond donors (Lipinski definition) is 1. The predicted molar refractivity (Wildman–Crippen MR) is 157 cm³/mol. The van der Waals surface area contributed by atoms with Gasteiger partial charge in [0.05, 0.1) is 11.9 Å². The van der Waals surface area contributed by atoms with Crippen molar-refractivity contribution >= 4 is 62.3 Å². The summed E-state index contributed by atoms with van der Waals surface area (Å²) in [7, 11) is -3.63. The van der Waals surface area contributed by atoms with Crippen LogP contribution < -0.4 is 9.62 Å². The number of carbonyl (C=O) groups excluding carboxylic acids is 2. The van der Waals surface area contributed by atoms with Crippen LogP contribution in [-0.2, 0) is 26.2 Å². The van der Waals surface area contributed by atoms with Crippen LogP contribution in [0.15, 0.2) is 36.4 Å². The largest absolute Gasteiger partial charge is 0.354 e. The van der Waals surface area contributed by atoms with Crippen molar-refractivity contribution < 1.29 is 18.0 Å². The third kappa shape index (κ3) is 9.04. The Morgan fingerprint density at radius 2 is 1.74 bits per heavy atom. The van der Waals surface area contributed by atoms with Crippen molar-refractivity contribution in [2.75, 3.05) is 23.7 Å². The molecule has 2 amide bonds. The third-order valence-electron chi connectivity index (χ3n) is 6.23. The predicted octanol–water partition coefficient (Wildman–Crippen LogP) is 6.23. The van der Waals surface area contributed by atoms with Gasteiger partial charge in [0, 0.05) is 41.1 Å². The first-order valence-electron chi connectivity index (χ1n) is 12.6. The number of unbranched alkanes of at least 4 members (excludes halogenated alkanes) is 1. The van der Waals surface area contributed by atoms with E-state index in [-0.39, 0.29) is 37.7 Å². The summed E-state index contributed by atoms with van der Waals surface area (Å²) in [6, 6.07) is 9.39. The molecule has 0 saturated carbocycles. The highest BCUT2D eigenvalue weighted by atomic mass is 35.5. The van der Waals surface area contributed by atoms with Crippen LogP contribution >= 0.6 is 34.8 Å². The molecule has 1 N–H and O–H groups in total. The molecule has 2 rings (SSSR count). The second kappa shape index (κ2) is 15.0. The van der Waals surface area contributed by atoms with Gasteiger partial charge in [-0.3, -0.25) is 13.9 Å². The lowest BCUT2D eigenvalue weighted by Crippen LogP contribution is -2.49. The van der Waals surface area contributed by atoms with Gasteiger partial charge in [-0.25, -0.2) is 8.42 Å². The van der Waals surface area contributed by atoms with E-state index in [4.69, 9.17) is 34.8 Å². The van der Waals surface area contributed by atoms with Gasteiger partial charge in [0.2, 0.25) is 21.8 Å². The van der Waals surface area contributed by atoms with Gasteiger partial charge in [-0.2, -0.15) is 0 Å². The van der Waals surface area contributed by atoms with E-state index in [1.807, 2.05) is 13.8 Å². The lowest BCUT2D eigenvalue weighted by Gasteiger charge is -2.31. The Kier molecular flexibility index (Phi) is 12.7. The molecule has 0 radical (unpaired) electrons. The smallest absolute Gasteiger partial charge is 0.242 e. The molecule has 0 bridgehead atoms. The fourth-order valence-electron chi connectivity index (χ4n) is 4.11. The Hall–Kier alpha value is -2.00. The van der Waals surface area contributed by atoms with Gasteiger partial charge in [0.1, 0.15) is 6.04 Å². The number of sulfonamides is 1. The van der Waals surface area contributed by atoms with E-state index in [2.05, 4.69) is 5.32 Å². The van der Waals surface area contributed by atoms with E-state index in [0.717, 1.165) is 19.1 Å². The Morgan fingerprint density at radius 3 is 2.34 bits per heavy atom. The highest BCUT2D eigenvalue weighted by Gasteiger charge is 2.29. The molecule has 0 aliphatic rings. The summed E-state index contributed by atoms with van der Waals surface area (Å²) in [5.41, 5.74) is 1.77. The fraction of sp³-hybridized carbons (Fsp3) is 0.481. The maximum absolute atomic E-state index is 13.5. The maximum atomic E-state index is 13.5. The monoisotopic (exact) mass is 603 g/mol. The summed E-state index contributed by atoms with van der Waals surface area (Å²) in [5, 5.41) is 4.25. The molecule has 0 fully saturated rings. The summed E-state index contributed by atoms with van der Waals surface area (Å²) < 4.78 is 26.4. The molecule has 210 valence electrons. The highest BCUT2D eigenvalue weighted by molar-refractivity contribution is 7.92. The van der Waals surface area contributed by atoms with Crippen molar-refractivity contribution in [3.8, 4) is 0 Å². The summed E-state index contributed by atoms with van der Waals surface area (Å²) in [6.45, 7) is 6.37. The number of carbonyl (C=O) groups is 2. The SMILES string of the molecule is CCCCNC(=O)C(CC)N(Cc1ccc(Cl)cc1Cl)C(=O)CCCN(c1cccc(Cl)c1C)S(C)(=O)=O. The fourth-order valence-corrected chi connectivity index (χ4v) is 5.76. The number of benzene rings is 2. The van der Waals surface area contributed by atoms with Crippen molar-refractivity contribution in [1.82, 2.24) is 10.2 Å². The Bertz CT molecular complexity index is 1220. The van der Waals surface area contributed by atoms with E-state index >= 15 is 0 Å². The quantitative estimate of drug-likeness (QED) is 0.259. The molecular formula is C27H36Cl3N3O4S. The van der Waals surface area contributed by atoms with Crippen molar-refractivity contribution in [3.63, 3.8) is 0 Å². The van der Waals surface area contributed by atoms with Crippen LogP contribution in [0.5, 0.6) is 0 Å². The van der Waals surface area contributed by atoms with Gasteiger partial charge in [0.25, 0.3) is 0 Å². The van der Waals surface area contributed by atoms with Gasteiger partial charge in [-0.05, 0) is 61.6 Å². The van der Waals surface area contributed by atoms with Crippen molar-refractivity contribution in [3.05, 3.63) is 62.6 Å². The Balaban J connectivity index is 2.27. The van der Waals surface area contributed by atoms with Crippen LogP contribution in [0.2, 0.25) is 15.1 Å². The topological polar surface area (TPSA) is 86.8 Å². The second-order valence-corrected chi connectivity index (χ2v) is 12.3. The number of hydrogen-bond acceptors (Lipinski definition) is 4. The van der Waals surface area contributed by atoms with E-state index in [1.165, 1.54) is 9.21 Å². The van der Waals surface area contributed by atoms with Crippen LogP contribution in [0.4, 0.5) is 5.69 Å². The maximum Gasteiger partial charge on any atom is 0.242 e. The van der Waals surface area contributed by atoms with Gasteiger partial charge >= 0.3 is 0 Å². The van der Waals surface area contributed by atoms with E-state index in [0.29, 0.717) is 44.8 Å². The molecular weight excluding hydrogens is 569 g/mol. The summed E-state index contributed by atoms with van der Waals surface area (Å²) in [5.74, 6) is -0.503. The Labute approximate surface area is 241 Å². The molecule has 7 nitrogen and oxygen atoms in total. The number of anilines is 1. The first kappa shape index (κ1) is 32.2. The zero-order chi connectivity index (χ0) is 28.5. The average Bonchev–Trinajstić information content (AvgIpc) is 2.84. The minimum Gasteiger partial charge on any atom is -0.354 e. The van der Waals surface area contributed by atoms with E-state index < -0.39 is 16.1 Å². The number of nitrogens with one attached hydrogen (secondary N) is 1. The molecule has 0 aliphatic heterocycles. The highest BCUT2D eigenvalue weighted by Crippen LogP contribution is 2.29. The van der Waals surface area contributed by atoms with Gasteiger partial charge in [-0.1, -0.05) is 67.2 Å². The van der Waals surface area contributed by atoms with Crippen LogP contribution in [-0.4, -0.2) is 50.5 Å². The number of nitrogens with zero attached hydrogens (tertiary/aromatic N) is 2. The molecule has 11 heteroatoms. The van der Waals surface area contributed by atoms with Gasteiger partial charge in [0.15, 0.2) is 0 Å². The molecule has 0 aromatic heterocycles. The third-order valence-corrected chi connectivity index (χ3v) is 8.41. The number of rotatable bonds is 14. The molecule has 2 aromatic carbocycles. The zero-order valence-corrected chi connectivity index (χ0v) is 25.4. The molecule has 0 spiro atoms. The molecule has 0 aliphatic carbocycles. The number of halogens is 3. The lowest BCUT2D eigenvalue weighted by atomic mass is 10.1. The van der Waals surface area contributed by atoms with Crippen LogP contribution in [0.25, 0.3) is 0 Å². The van der Waals surface area contributed by atoms with E-state index in [9.17, 15) is 18.0 Å². The van der Waals surface area contributed by atoms with Crippen LogP contribution in [0.3, 0.4) is 0 Å².